The van der Waals surface area contributed by atoms with Gasteiger partial charge in [-0.1, -0.05) is 13.8 Å². The topological polar surface area (TPSA) is 81.5 Å². The van der Waals surface area contributed by atoms with E-state index in [-0.39, 0.29) is 23.4 Å². The maximum absolute atomic E-state index is 12.1. The van der Waals surface area contributed by atoms with Crippen LogP contribution in [0, 0.1) is 16.0 Å². The molecule has 1 unspecified atom stereocenters. The number of rotatable bonds is 7. The lowest BCUT2D eigenvalue weighted by molar-refractivity contribution is -0.385. The molecule has 1 amide bonds. The van der Waals surface area contributed by atoms with Gasteiger partial charge in [-0.15, -0.1) is 11.6 Å². The molecule has 1 rings (SSSR count). The number of ether oxygens (including phenoxy) is 1. The second-order valence-corrected chi connectivity index (χ2v) is 5.41. The van der Waals surface area contributed by atoms with E-state index in [9.17, 15) is 14.9 Å². The number of nitrogens with zero attached hydrogens (tertiary/aromatic N) is 1. The van der Waals surface area contributed by atoms with Crippen LogP contribution in [0.15, 0.2) is 18.2 Å². The maximum Gasteiger partial charge on any atom is 0.310 e. The molecule has 1 aromatic rings. The van der Waals surface area contributed by atoms with E-state index in [0.29, 0.717) is 17.4 Å². The summed E-state index contributed by atoms with van der Waals surface area (Å²) >= 11 is 5.84. The van der Waals surface area contributed by atoms with Gasteiger partial charge in [0.2, 0.25) is 0 Å². The molecule has 116 valence electrons. The van der Waals surface area contributed by atoms with E-state index < -0.39 is 4.92 Å². The summed E-state index contributed by atoms with van der Waals surface area (Å²) in [7, 11) is 1.32. The van der Waals surface area contributed by atoms with Crippen molar-refractivity contribution in [2.45, 2.75) is 26.3 Å². The molecule has 0 bridgehead atoms. The molecule has 0 aliphatic heterocycles. The first-order chi connectivity index (χ1) is 9.88. The highest BCUT2D eigenvalue weighted by atomic mass is 35.5. The molecule has 0 saturated heterocycles. The van der Waals surface area contributed by atoms with Crippen LogP contribution in [0.2, 0.25) is 0 Å². The van der Waals surface area contributed by atoms with Crippen molar-refractivity contribution >= 4 is 23.2 Å². The predicted octanol–water partition coefficient (Wildman–Crippen LogP) is 2.99. The molecule has 0 radical (unpaired) electrons. The number of hydrogen-bond donors (Lipinski definition) is 1. The summed E-state index contributed by atoms with van der Waals surface area (Å²) < 4.78 is 4.95. The lowest BCUT2D eigenvalue weighted by atomic mass is 10.0. The number of nitrogens with one attached hydrogen (secondary N) is 1. The zero-order valence-corrected chi connectivity index (χ0v) is 13.0. The number of carbonyl (C=O) groups is 1. The molecule has 0 fully saturated rings. The highest BCUT2D eigenvalue weighted by Crippen LogP contribution is 2.27. The number of methoxy groups -OCH3 is 1. The zero-order valence-electron chi connectivity index (χ0n) is 12.3. The maximum atomic E-state index is 12.1. The van der Waals surface area contributed by atoms with Crippen LogP contribution in [-0.4, -0.2) is 29.9 Å². The van der Waals surface area contributed by atoms with E-state index in [4.69, 9.17) is 16.3 Å². The van der Waals surface area contributed by atoms with Gasteiger partial charge in [-0.3, -0.25) is 14.9 Å². The molecule has 0 heterocycles. The number of carbonyl (C=O) groups excluding carboxylic acids is 1. The van der Waals surface area contributed by atoms with Crippen molar-refractivity contribution in [2.24, 2.45) is 5.92 Å². The molecule has 0 aliphatic rings. The van der Waals surface area contributed by atoms with Crippen LogP contribution >= 0.6 is 11.6 Å². The van der Waals surface area contributed by atoms with Crippen molar-refractivity contribution in [3.8, 4) is 5.75 Å². The number of halogens is 1. The number of nitro groups is 1. The Morgan fingerprint density at radius 3 is 2.62 bits per heavy atom. The Morgan fingerprint density at radius 1 is 1.48 bits per heavy atom. The third-order valence-corrected chi connectivity index (χ3v) is 3.29. The zero-order chi connectivity index (χ0) is 16.0. The monoisotopic (exact) mass is 314 g/mol. The van der Waals surface area contributed by atoms with Gasteiger partial charge in [-0.25, -0.2) is 0 Å². The molecular formula is C14H19ClN2O4. The molecule has 7 heteroatoms. The Bertz CT molecular complexity index is 520. The van der Waals surface area contributed by atoms with Gasteiger partial charge in [-0.2, -0.15) is 0 Å². The van der Waals surface area contributed by atoms with Gasteiger partial charge in [0.1, 0.15) is 0 Å². The number of alkyl halides is 1. The number of hydrogen-bond acceptors (Lipinski definition) is 4. The van der Waals surface area contributed by atoms with Gasteiger partial charge >= 0.3 is 5.69 Å². The first kappa shape index (κ1) is 17.2. The van der Waals surface area contributed by atoms with Gasteiger partial charge in [0.25, 0.3) is 5.91 Å². The lowest BCUT2D eigenvalue weighted by Gasteiger charge is -2.18. The first-order valence-corrected chi connectivity index (χ1v) is 7.11. The van der Waals surface area contributed by atoms with Crippen molar-refractivity contribution in [1.29, 1.82) is 0 Å². The highest BCUT2D eigenvalue weighted by Gasteiger charge is 2.19. The first-order valence-electron chi connectivity index (χ1n) is 6.58. The fourth-order valence-corrected chi connectivity index (χ4v) is 2.17. The van der Waals surface area contributed by atoms with E-state index in [1.807, 2.05) is 13.8 Å². The van der Waals surface area contributed by atoms with Gasteiger partial charge in [-0.05, 0) is 18.4 Å². The smallest absolute Gasteiger partial charge is 0.310 e. The summed E-state index contributed by atoms with van der Waals surface area (Å²) in [6.45, 7) is 4.08. The normalized spacial score (nSPS) is 12.0. The van der Waals surface area contributed by atoms with Gasteiger partial charge in [0, 0.05) is 29.6 Å². The SMILES string of the molecule is COc1cc(C(=O)NC(CCl)CC(C)C)ccc1[N+](=O)[O-]. The molecule has 1 N–H and O–H groups in total. The van der Waals surface area contributed by atoms with Crippen LogP contribution in [0.25, 0.3) is 0 Å². The minimum Gasteiger partial charge on any atom is -0.490 e. The van der Waals surface area contributed by atoms with Crippen LogP contribution in [0.1, 0.15) is 30.6 Å². The standard InChI is InChI=1S/C14H19ClN2O4/c1-9(2)6-11(8-15)16-14(18)10-4-5-12(17(19)20)13(7-10)21-3/h4-5,7,9,11H,6,8H2,1-3H3,(H,16,18). The van der Waals surface area contributed by atoms with Gasteiger partial charge in [0.05, 0.1) is 12.0 Å². The largest absolute Gasteiger partial charge is 0.490 e. The molecule has 0 saturated carbocycles. The molecule has 1 atom stereocenters. The lowest BCUT2D eigenvalue weighted by Crippen LogP contribution is -2.37. The van der Waals surface area contributed by atoms with Crippen molar-refractivity contribution in [3.05, 3.63) is 33.9 Å². The van der Waals surface area contributed by atoms with E-state index in [1.54, 1.807) is 0 Å². The second-order valence-electron chi connectivity index (χ2n) is 5.10. The van der Waals surface area contributed by atoms with Crippen LogP contribution in [-0.2, 0) is 0 Å². The Hall–Kier alpha value is -1.82. The van der Waals surface area contributed by atoms with E-state index >= 15 is 0 Å². The third kappa shape index (κ3) is 4.90. The van der Waals surface area contributed by atoms with Crippen LogP contribution in [0.4, 0.5) is 5.69 Å². The summed E-state index contributed by atoms with van der Waals surface area (Å²) in [6.07, 6.45) is 0.763. The molecule has 1 aromatic carbocycles. The van der Waals surface area contributed by atoms with Crippen LogP contribution in [0.5, 0.6) is 5.75 Å². The van der Waals surface area contributed by atoms with Crippen molar-refractivity contribution < 1.29 is 14.5 Å². The highest BCUT2D eigenvalue weighted by molar-refractivity contribution is 6.18. The predicted molar refractivity (Wildman–Crippen MR) is 81.1 cm³/mol. The molecule has 0 aliphatic carbocycles. The van der Waals surface area contributed by atoms with Gasteiger partial charge < -0.3 is 10.1 Å². The van der Waals surface area contributed by atoms with E-state index in [1.165, 1.54) is 25.3 Å². The summed E-state index contributed by atoms with van der Waals surface area (Å²) in [5.74, 6) is 0.447. The summed E-state index contributed by atoms with van der Waals surface area (Å²) in [6, 6.07) is 3.87. The van der Waals surface area contributed by atoms with Crippen molar-refractivity contribution in [2.75, 3.05) is 13.0 Å². The molecular weight excluding hydrogens is 296 g/mol. The average molecular weight is 315 g/mol. The number of benzene rings is 1. The Labute approximate surface area is 128 Å². The van der Waals surface area contributed by atoms with Crippen molar-refractivity contribution in [1.82, 2.24) is 5.32 Å². The average Bonchev–Trinajstić information content (AvgIpc) is 2.44. The third-order valence-electron chi connectivity index (χ3n) is 2.92. The molecule has 0 aromatic heterocycles. The van der Waals surface area contributed by atoms with Crippen LogP contribution in [0.3, 0.4) is 0 Å². The molecule has 6 nitrogen and oxygen atoms in total. The minimum absolute atomic E-state index is 0.0546. The van der Waals surface area contributed by atoms with E-state index in [0.717, 1.165) is 6.42 Å². The summed E-state index contributed by atoms with van der Waals surface area (Å²) in [5.41, 5.74) is 0.126. The Kier molecular flexibility index (Phi) is 6.42. The fourth-order valence-electron chi connectivity index (χ4n) is 1.97. The summed E-state index contributed by atoms with van der Waals surface area (Å²) in [4.78, 5) is 22.4. The van der Waals surface area contributed by atoms with E-state index in [2.05, 4.69) is 5.32 Å². The van der Waals surface area contributed by atoms with Crippen molar-refractivity contribution in [3.63, 3.8) is 0 Å². The molecule has 0 spiro atoms. The number of amides is 1. The Morgan fingerprint density at radius 2 is 2.14 bits per heavy atom. The molecule has 21 heavy (non-hydrogen) atoms. The van der Waals surface area contributed by atoms with Crippen LogP contribution < -0.4 is 10.1 Å². The van der Waals surface area contributed by atoms with Gasteiger partial charge in [0.15, 0.2) is 5.75 Å². The minimum atomic E-state index is -0.555. The Balaban J connectivity index is 2.90. The fraction of sp³-hybridized carbons (Fsp3) is 0.500. The number of nitro benzene ring substituents is 1. The quantitative estimate of drug-likeness (QED) is 0.476. The summed E-state index contributed by atoms with van der Waals surface area (Å²) in [5, 5.41) is 13.6. The second kappa shape index (κ2) is 7.83.